The van der Waals surface area contributed by atoms with Crippen molar-refractivity contribution in [2.45, 2.75) is 43.1 Å². The van der Waals surface area contributed by atoms with Crippen LogP contribution in [0, 0.1) is 47.3 Å². The van der Waals surface area contributed by atoms with Gasteiger partial charge in [0.05, 0.1) is 35.7 Å². The second kappa shape index (κ2) is 6.47. The number of carbonyl (C=O) groups is 4. The first-order valence-electron chi connectivity index (χ1n) is 10.5. The summed E-state index contributed by atoms with van der Waals surface area (Å²) < 4.78 is 16.1. The van der Waals surface area contributed by atoms with E-state index in [1.165, 1.54) is 12.0 Å². The summed E-state index contributed by atoms with van der Waals surface area (Å²) in [6.07, 6.45) is 3.64. The molecule has 0 N–H and O–H groups in total. The Hall–Kier alpha value is -1.06. The Morgan fingerprint density at radius 2 is 1.38 bits per heavy atom. The van der Waals surface area contributed by atoms with Crippen molar-refractivity contribution in [1.29, 1.82) is 0 Å². The van der Waals surface area contributed by atoms with Crippen molar-refractivity contribution in [1.82, 2.24) is 0 Å². The van der Waals surface area contributed by atoms with Gasteiger partial charge < -0.3 is 9.47 Å². The molecular weight excluding hydrogens is 416 g/mol. The molecule has 2 aliphatic heterocycles. The molecule has 6 aliphatic rings. The number of hydrogen-bond acceptors (Lipinski definition) is 8. The predicted molar refractivity (Wildman–Crippen MR) is 103 cm³/mol. The minimum absolute atomic E-state index is 0.156. The van der Waals surface area contributed by atoms with E-state index in [4.69, 9.17) is 13.1 Å². The molecule has 0 spiro atoms. The Morgan fingerprint density at radius 1 is 0.828 bits per heavy atom. The van der Waals surface area contributed by atoms with Crippen LogP contribution in [0.1, 0.15) is 32.6 Å². The third kappa shape index (κ3) is 2.50. The van der Waals surface area contributed by atoms with Crippen LogP contribution in [0.2, 0.25) is 0 Å². The van der Waals surface area contributed by atoms with Crippen LogP contribution in [0.25, 0.3) is 0 Å². The van der Waals surface area contributed by atoms with Crippen LogP contribution in [0.15, 0.2) is 0 Å². The molecule has 4 bridgehead atoms. The Bertz CT molecular complexity index is 815. The summed E-state index contributed by atoms with van der Waals surface area (Å²) in [6.45, 7) is 2.11. The van der Waals surface area contributed by atoms with Gasteiger partial charge in [-0.1, -0.05) is 0 Å². The van der Waals surface area contributed by atoms with Gasteiger partial charge in [-0.15, -0.1) is 3.63 Å². The summed E-state index contributed by atoms with van der Waals surface area (Å²) in [7, 11) is 0. The molecule has 0 aromatic heterocycles. The molecule has 0 aromatic carbocycles. The fraction of sp³-hybridized carbons (Fsp3) is 0.800. The topological polar surface area (TPSA) is 96.0 Å². The zero-order valence-corrected chi connectivity index (χ0v) is 17.6. The summed E-state index contributed by atoms with van der Waals surface area (Å²) in [5.41, 5.74) is 0. The van der Waals surface area contributed by atoms with Crippen molar-refractivity contribution in [3.8, 4) is 0 Å². The van der Waals surface area contributed by atoms with Gasteiger partial charge in [-0.05, 0) is 43.9 Å². The SMILES string of the molecule is CC[S+](OSC1CC2CC1C1C(=O)OC(=O)C21)C1CC2CC1C1C(=O)OC(=O)C21. The number of ether oxygens (including phenoxy) is 2. The lowest BCUT2D eigenvalue weighted by atomic mass is 9.81. The molecule has 6 fully saturated rings. The Balaban J connectivity index is 1.12. The van der Waals surface area contributed by atoms with Crippen LogP contribution in [-0.2, 0) is 43.5 Å². The van der Waals surface area contributed by atoms with Crippen molar-refractivity contribution < 1.29 is 32.3 Å². The minimum Gasteiger partial charge on any atom is -0.393 e. The monoisotopic (exact) mass is 439 g/mol. The molecule has 11 atom stereocenters. The maximum Gasteiger partial charge on any atom is 0.317 e. The highest BCUT2D eigenvalue weighted by atomic mass is 32.3. The van der Waals surface area contributed by atoms with E-state index in [1.807, 2.05) is 0 Å². The maximum atomic E-state index is 12.2. The molecule has 4 saturated carbocycles. The van der Waals surface area contributed by atoms with Gasteiger partial charge in [0.2, 0.25) is 0 Å². The first kappa shape index (κ1) is 18.7. The molecule has 0 radical (unpaired) electrons. The highest BCUT2D eigenvalue weighted by Gasteiger charge is 2.68. The van der Waals surface area contributed by atoms with E-state index >= 15 is 0 Å². The number of cyclic esters (lactones) is 4. The molecule has 29 heavy (non-hydrogen) atoms. The van der Waals surface area contributed by atoms with Crippen LogP contribution in [0.4, 0.5) is 0 Å². The molecular formula is C20H23O7S2+. The molecule has 2 heterocycles. The lowest BCUT2D eigenvalue weighted by molar-refractivity contribution is -0.156. The summed E-state index contributed by atoms with van der Waals surface area (Å²) in [6, 6.07) is 0. The lowest BCUT2D eigenvalue weighted by Crippen LogP contribution is -2.39. The summed E-state index contributed by atoms with van der Waals surface area (Å²) in [4.78, 5) is 48.2. The average Bonchev–Trinajstić information content (AvgIpc) is 3.48. The van der Waals surface area contributed by atoms with Crippen molar-refractivity contribution in [3.05, 3.63) is 0 Å². The maximum absolute atomic E-state index is 12.2. The third-order valence-electron chi connectivity index (χ3n) is 8.25. The van der Waals surface area contributed by atoms with Crippen molar-refractivity contribution in [3.63, 3.8) is 0 Å². The van der Waals surface area contributed by atoms with Gasteiger partial charge in [-0.25, -0.2) is 0 Å². The summed E-state index contributed by atoms with van der Waals surface area (Å²) >= 11 is 1.18. The largest absolute Gasteiger partial charge is 0.393 e. The minimum atomic E-state index is -0.351. The molecule has 4 aliphatic carbocycles. The van der Waals surface area contributed by atoms with E-state index in [0.29, 0.717) is 5.25 Å². The quantitative estimate of drug-likeness (QED) is 0.276. The van der Waals surface area contributed by atoms with Crippen LogP contribution in [-0.4, -0.2) is 40.1 Å². The van der Waals surface area contributed by atoms with E-state index < -0.39 is 0 Å². The van der Waals surface area contributed by atoms with E-state index in [9.17, 15) is 19.2 Å². The Labute approximate surface area is 175 Å². The molecule has 7 nitrogen and oxygen atoms in total. The standard InChI is InChI=1S/C20H23O7S2/c1-2-29(12-6-8-4-10(12)16-14(8)18(22)26-20(16)24)27-28-11-5-7-3-9(11)15-13(7)17(21)25-19(15)23/h7-16H,2-6H2,1H3/q+1. The number of hydrogen-bond donors (Lipinski definition) is 0. The number of esters is 4. The second-order valence-corrected chi connectivity index (χ2v) is 12.6. The van der Waals surface area contributed by atoms with Gasteiger partial charge in [-0.2, -0.15) is 0 Å². The average molecular weight is 440 g/mol. The molecule has 6 rings (SSSR count). The van der Waals surface area contributed by atoms with Gasteiger partial charge >= 0.3 is 23.9 Å². The molecule has 11 unspecified atom stereocenters. The highest BCUT2D eigenvalue weighted by Crippen LogP contribution is 2.60. The Morgan fingerprint density at radius 3 is 2.03 bits per heavy atom. The molecule has 0 amide bonds. The van der Waals surface area contributed by atoms with Crippen LogP contribution < -0.4 is 0 Å². The van der Waals surface area contributed by atoms with E-state index in [1.54, 1.807) is 0 Å². The van der Waals surface area contributed by atoms with Gasteiger partial charge in [0.1, 0.15) is 5.75 Å². The first-order chi connectivity index (χ1) is 14.0. The van der Waals surface area contributed by atoms with Gasteiger partial charge in [0, 0.05) is 17.6 Å². The molecule has 156 valence electrons. The van der Waals surface area contributed by atoms with Crippen LogP contribution in [0.3, 0.4) is 0 Å². The fourth-order valence-electron chi connectivity index (χ4n) is 7.22. The number of fused-ring (bicyclic) bond motifs is 10. The number of carbonyl (C=O) groups excluding carboxylic acids is 4. The van der Waals surface area contributed by atoms with Gasteiger partial charge in [0.25, 0.3) is 0 Å². The summed E-state index contributed by atoms with van der Waals surface area (Å²) in [5, 5.41) is 0.507. The zero-order chi connectivity index (χ0) is 20.0. The Kier molecular flexibility index (Phi) is 4.17. The second-order valence-electron chi connectivity index (χ2n) is 9.28. The third-order valence-corrected chi connectivity index (χ3v) is 11.8. The van der Waals surface area contributed by atoms with E-state index in [0.717, 1.165) is 31.4 Å². The predicted octanol–water partition coefficient (Wildman–Crippen LogP) is 1.65. The highest BCUT2D eigenvalue weighted by molar-refractivity contribution is 8.07. The smallest absolute Gasteiger partial charge is 0.317 e. The number of rotatable bonds is 5. The van der Waals surface area contributed by atoms with Crippen LogP contribution in [0.5, 0.6) is 0 Å². The molecule has 0 aromatic rings. The van der Waals surface area contributed by atoms with Crippen LogP contribution >= 0.6 is 12.0 Å². The van der Waals surface area contributed by atoms with Crippen molar-refractivity contribution in [2.75, 3.05) is 5.75 Å². The fourth-order valence-corrected chi connectivity index (χ4v) is 11.1. The van der Waals surface area contributed by atoms with E-state index in [-0.39, 0.29) is 87.6 Å². The normalized spacial score (nSPS) is 50.1. The van der Waals surface area contributed by atoms with Crippen molar-refractivity contribution in [2.24, 2.45) is 47.3 Å². The first-order valence-corrected chi connectivity index (χ1v) is 12.7. The zero-order valence-electron chi connectivity index (χ0n) is 16.0. The molecule has 2 saturated heterocycles. The molecule has 9 heteroatoms. The van der Waals surface area contributed by atoms with Crippen molar-refractivity contribution >= 4 is 47.1 Å². The van der Waals surface area contributed by atoms with Gasteiger partial charge in [-0.3, -0.25) is 19.2 Å². The lowest BCUT2D eigenvalue weighted by Gasteiger charge is -2.28. The summed E-state index contributed by atoms with van der Waals surface area (Å²) in [5.74, 6) is -0.693. The van der Waals surface area contributed by atoms with E-state index in [2.05, 4.69) is 6.92 Å². The van der Waals surface area contributed by atoms with Gasteiger partial charge in [0.15, 0.2) is 16.4 Å².